The number of amides is 1. The van der Waals surface area contributed by atoms with Gasteiger partial charge in [0.2, 0.25) is 10.0 Å². The summed E-state index contributed by atoms with van der Waals surface area (Å²) in [6.07, 6.45) is -0.143. The number of nitrogens with two attached hydrogens (primary N) is 1. The van der Waals surface area contributed by atoms with Crippen LogP contribution >= 0.6 is 0 Å². The molecule has 4 N–H and O–H groups in total. The molecule has 0 aliphatic carbocycles. The van der Waals surface area contributed by atoms with Gasteiger partial charge in [-0.15, -0.1) is 0 Å². The SMILES string of the molecule is NS(=O)(=O)c1cccc2[nH]c(=O)n(C3CCN(C(=O)O)CC3)c12. The number of fused-ring (bicyclic) bond motifs is 1. The number of benzene rings is 1. The van der Waals surface area contributed by atoms with E-state index in [1.165, 1.54) is 21.6 Å². The average molecular weight is 340 g/mol. The van der Waals surface area contributed by atoms with Crippen LogP contribution in [0.15, 0.2) is 27.9 Å². The van der Waals surface area contributed by atoms with Crippen LogP contribution in [0.2, 0.25) is 0 Å². The van der Waals surface area contributed by atoms with Crippen molar-refractivity contribution in [2.75, 3.05) is 13.1 Å². The van der Waals surface area contributed by atoms with Gasteiger partial charge in [-0.1, -0.05) is 6.07 Å². The zero-order valence-electron chi connectivity index (χ0n) is 12.1. The first-order valence-electron chi connectivity index (χ1n) is 7.03. The lowest BCUT2D eigenvalue weighted by Crippen LogP contribution is -2.39. The molecule has 1 aliphatic heterocycles. The second kappa shape index (κ2) is 5.39. The maximum Gasteiger partial charge on any atom is 0.407 e. The maximum atomic E-state index is 12.3. The molecule has 124 valence electrons. The molecule has 1 fully saturated rings. The van der Waals surface area contributed by atoms with Gasteiger partial charge in [0.05, 0.1) is 11.0 Å². The highest BCUT2D eigenvalue weighted by Crippen LogP contribution is 2.28. The number of carbonyl (C=O) groups is 1. The predicted molar refractivity (Wildman–Crippen MR) is 81.8 cm³/mol. The fourth-order valence-corrected chi connectivity index (χ4v) is 3.79. The monoisotopic (exact) mass is 340 g/mol. The molecule has 1 aromatic carbocycles. The number of para-hydroxylation sites is 1. The van der Waals surface area contributed by atoms with E-state index in [1.807, 2.05) is 0 Å². The fourth-order valence-electron chi connectivity index (χ4n) is 3.04. The normalized spacial score (nSPS) is 16.8. The first-order chi connectivity index (χ1) is 10.8. The Bertz CT molecular complexity index is 921. The van der Waals surface area contributed by atoms with Gasteiger partial charge in [0.15, 0.2) is 0 Å². The zero-order chi connectivity index (χ0) is 16.8. The Hall–Kier alpha value is -2.33. The molecule has 1 amide bonds. The molecular formula is C13H16N4O5S. The van der Waals surface area contributed by atoms with Crippen LogP contribution in [-0.2, 0) is 10.0 Å². The number of aromatic nitrogens is 2. The molecule has 0 radical (unpaired) electrons. The Labute approximate surface area is 131 Å². The van der Waals surface area contributed by atoms with Gasteiger partial charge in [0, 0.05) is 19.1 Å². The third-order valence-corrected chi connectivity index (χ3v) is 5.05. The smallest absolute Gasteiger partial charge is 0.407 e. The number of aromatic amines is 1. The molecule has 1 aromatic heterocycles. The molecule has 3 rings (SSSR count). The largest absolute Gasteiger partial charge is 0.465 e. The van der Waals surface area contributed by atoms with Crippen molar-refractivity contribution in [3.05, 3.63) is 28.7 Å². The molecule has 9 nitrogen and oxygen atoms in total. The van der Waals surface area contributed by atoms with Crippen LogP contribution in [0.3, 0.4) is 0 Å². The molecule has 1 aliphatic rings. The molecule has 0 spiro atoms. The zero-order valence-corrected chi connectivity index (χ0v) is 12.9. The average Bonchev–Trinajstić information content (AvgIpc) is 2.81. The number of piperidine rings is 1. The first kappa shape index (κ1) is 15.6. The number of rotatable bonds is 2. The van der Waals surface area contributed by atoms with E-state index >= 15 is 0 Å². The first-order valence-corrected chi connectivity index (χ1v) is 8.57. The third kappa shape index (κ3) is 2.70. The Kier molecular flexibility index (Phi) is 3.65. The van der Waals surface area contributed by atoms with Gasteiger partial charge in [-0.05, 0) is 25.0 Å². The standard InChI is InChI=1S/C13H16N4O5S/c14-23(21,22)10-3-1-2-9-11(10)17(12(18)15-9)8-4-6-16(7-5-8)13(19)20/h1-3,8H,4-7H2,(H,15,18)(H,19,20)(H2,14,21,22). The van der Waals surface area contributed by atoms with Crippen LogP contribution in [0, 0.1) is 0 Å². The van der Waals surface area contributed by atoms with Crippen LogP contribution < -0.4 is 10.8 Å². The van der Waals surface area contributed by atoms with Crippen molar-refractivity contribution < 1.29 is 18.3 Å². The number of hydrogen-bond acceptors (Lipinski definition) is 4. The number of carboxylic acid groups (broad SMARTS) is 1. The fraction of sp³-hybridized carbons (Fsp3) is 0.385. The molecule has 2 aromatic rings. The van der Waals surface area contributed by atoms with E-state index in [0.717, 1.165) is 0 Å². The van der Waals surface area contributed by atoms with Gasteiger partial charge in [-0.3, -0.25) is 4.57 Å². The van der Waals surface area contributed by atoms with Crippen molar-refractivity contribution in [3.8, 4) is 0 Å². The number of likely N-dealkylation sites (tertiary alicyclic amines) is 1. The molecule has 2 heterocycles. The van der Waals surface area contributed by atoms with Crippen LogP contribution in [0.5, 0.6) is 0 Å². The lowest BCUT2D eigenvalue weighted by molar-refractivity contribution is 0.125. The van der Waals surface area contributed by atoms with E-state index in [1.54, 1.807) is 6.07 Å². The van der Waals surface area contributed by atoms with Gasteiger partial charge in [-0.25, -0.2) is 23.1 Å². The van der Waals surface area contributed by atoms with E-state index in [-0.39, 0.29) is 29.5 Å². The van der Waals surface area contributed by atoms with Gasteiger partial charge < -0.3 is 15.0 Å². The number of H-pyrrole nitrogens is 1. The maximum absolute atomic E-state index is 12.3. The molecular weight excluding hydrogens is 324 g/mol. The molecule has 10 heteroatoms. The summed E-state index contributed by atoms with van der Waals surface area (Å²) in [6, 6.07) is 4.19. The number of primary sulfonamides is 1. The summed E-state index contributed by atoms with van der Waals surface area (Å²) < 4.78 is 25.0. The van der Waals surface area contributed by atoms with E-state index < -0.39 is 21.8 Å². The lowest BCUT2D eigenvalue weighted by atomic mass is 10.0. The minimum Gasteiger partial charge on any atom is -0.465 e. The minimum absolute atomic E-state index is 0.117. The van der Waals surface area contributed by atoms with Crippen LogP contribution in [0.25, 0.3) is 11.0 Å². The van der Waals surface area contributed by atoms with Crippen molar-refractivity contribution >= 4 is 27.1 Å². The van der Waals surface area contributed by atoms with Gasteiger partial charge in [-0.2, -0.15) is 0 Å². The molecule has 0 bridgehead atoms. The molecule has 23 heavy (non-hydrogen) atoms. The third-order valence-electron chi connectivity index (χ3n) is 4.11. The lowest BCUT2D eigenvalue weighted by Gasteiger charge is -2.30. The predicted octanol–water partition coefficient (Wildman–Crippen LogP) is 0.292. The highest BCUT2D eigenvalue weighted by atomic mass is 32.2. The van der Waals surface area contributed by atoms with Gasteiger partial charge in [0.25, 0.3) is 0 Å². The molecule has 1 saturated heterocycles. The highest BCUT2D eigenvalue weighted by molar-refractivity contribution is 7.89. The van der Waals surface area contributed by atoms with Crippen molar-refractivity contribution in [1.82, 2.24) is 14.5 Å². The second-order valence-electron chi connectivity index (χ2n) is 5.50. The van der Waals surface area contributed by atoms with E-state index in [2.05, 4.69) is 4.98 Å². The summed E-state index contributed by atoms with van der Waals surface area (Å²) in [4.78, 5) is 27.0. The topological polar surface area (TPSA) is 138 Å². The molecule has 0 atom stereocenters. The van der Waals surface area contributed by atoms with Crippen molar-refractivity contribution in [2.24, 2.45) is 5.14 Å². The summed E-state index contributed by atoms with van der Waals surface area (Å²) >= 11 is 0. The summed E-state index contributed by atoms with van der Waals surface area (Å²) in [7, 11) is -3.99. The Balaban J connectivity index is 2.10. The number of imidazole rings is 1. The second-order valence-corrected chi connectivity index (χ2v) is 7.03. The van der Waals surface area contributed by atoms with E-state index in [4.69, 9.17) is 10.2 Å². The summed E-state index contributed by atoms with van der Waals surface area (Å²) in [6.45, 7) is 0.577. The Morgan fingerprint density at radius 2 is 1.96 bits per heavy atom. The van der Waals surface area contributed by atoms with Crippen molar-refractivity contribution in [3.63, 3.8) is 0 Å². The minimum atomic E-state index is -3.99. The summed E-state index contributed by atoms with van der Waals surface area (Å²) in [5, 5.41) is 14.2. The van der Waals surface area contributed by atoms with Crippen LogP contribution in [-0.4, -0.2) is 47.2 Å². The Morgan fingerprint density at radius 1 is 1.30 bits per heavy atom. The number of nitrogens with zero attached hydrogens (tertiary/aromatic N) is 2. The summed E-state index contributed by atoms with van der Waals surface area (Å²) in [5.74, 6) is 0. The van der Waals surface area contributed by atoms with Gasteiger partial charge in [0.1, 0.15) is 4.90 Å². The number of nitrogens with one attached hydrogen (secondary N) is 1. The van der Waals surface area contributed by atoms with Gasteiger partial charge >= 0.3 is 11.8 Å². The van der Waals surface area contributed by atoms with Crippen molar-refractivity contribution in [1.29, 1.82) is 0 Å². The Morgan fingerprint density at radius 3 is 2.52 bits per heavy atom. The molecule has 0 saturated carbocycles. The van der Waals surface area contributed by atoms with Crippen molar-refractivity contribution in [2.45, 2.75) is 23.8 Å². The molecule has 0 unspecified atom stereocenters. The van der Waals surface area contributed by atoms with E-state index in [0.29, 0.717) is 18.4 Å². The number of hydrogen-bond donors (Lipinski definition) is 3. The van der Waals surface area contributed by atoms with Crippen LogP contribution in [0.4, 0.5) is 4.79 Å². The van der Waals surface area contributed by atoms with E-state index in [9.17, 15) is 18.0 Å². The summed E-state index contributed by atoms with van der Waals surface area (Å²) in [5.41, 5.74) is 0.209. The quantitative estimate of drug-likeness (QED) is 0.721. The number of sulfonamides is 1. The highest BCUT2D eigenvalue weighted by Gasteiger charge is 2.27. The van der Waals surface area contributed by atoms with Crippen LogP contribution in [0.1, 0.15) is 18.9 Å².